The summed E-state index contributed by atoms with van der Waals surface area (Å²) in [7, 11) is -3.21. The van der Waals surface area contributed by atoms with Gasteiger partial charge in [-0.2, -0.15) is 0 Å². The molecule has 5 aromatic carbocycles. The Hall–Kier alpha value is -5.83. The molecule has 3 heterocycles. The van der Waals surface area contributed by atoms with Crippen molar-refractivity contribution in [2.24, 2.45) is 0 Å². The molecule has 0 unspecified atom stereocenters. The number of anilines is 3. The van der Waals surface area contributed by atoms with Crippen LogP contribution in [0.4, 0.5) is 17.1 Å². The molecule has 0 radical (unpaired) electrons. The van der Waals surface area contributed by atoms with Gasteiger partial charge in [-0.3, -0.25) is 9.55 Å². The fourth-order valence-corrected chi connectivity index (χ4v) is 10.5. The van der Waals surface area contributed by atoms with Crippen LogP contribution >= 0.6 is 0 Å². The first-order valence-electron chi connectivity index (χ1n) is 20.0. The summed E-state index contributed by atoms with van der Waals surface area (Å²) in [4.78, 5) is 12.5. The number of aromatic nitrogens is 3. The van der Waals surface area contributed by atoms with Gasteiger partial charge in [0.05, 0.1) is 38.7 Å². The number of benzene rings is 5. The number of rotatable bonds is 9. The van der Waals surface area contributed by atoms with Gasteiger partial charge in [0, 0.05) is 40.3 Å². The minimum atomic E-state index is -1.67. The van der Waals surface area contributed by atoms with E-state index in [9.17, 15) is 0 Å². The molecule has 0 N–H and O–H groups in total. The van der Waals surface area contributed by atoms with Crippen LogP contribution in [0.25, 0.3) is 50.4 Å². The van der Waals surface area contributed by atoms with Gasteiger partial charge in [-0.1, -0.05) is 146 Å². The SMILES string of the molecule is Cc1cc(C)c(N(c2cccc(-c3cc([Si](C)(C)C)ccn3)c2)c2ccc3c(-c4ccccc4)c(-c4ccccc4)n(-c4cc([Si](C)(C)C)ccn4)c3c2)c(C)c1. The Bertz CT molecular complexity index is 2720. The number of aryl methyl sites for hydroxylation is 3. The Morgan fingerprint density at radius 1 is 0.509 bits per heavy atom. The average molecular weight is 777 g/mol. The van der Waals surface area contributed by atoms with Crippen LogP contribution in [0.3, 0.4) is 0 Å². The molecule has 0 aliphatic heterocycles. The van der Waals surface area contributed by atoms with E-state index in [0.29, 0.717) is 0 Å². The minimum Gasteiger partial charge on any atom is -0.310 e. The summed E-state index contributed by atoms with van der Waals surface area (Å²) in [5.41, 5.74) is 15.0. The average Bonchev–Trinajstić information content (AvgIpc) is 3.54. The predicted octanol–water partition coefficient (Wildman–Crippen LogP) is 12.9. The smallest absolute Gasteiger partial charge is 0.137 e. The topological polar surface area (TPSA) is 34.0 Å². The Morgan fingerprint density at radius 2 is 1.09 bits per heavy atom. The van der Waals surface area contributed by atoms with E-state index in [1.54, 1.807) is 0 Å². The van der Waals surface area contributed by atoms with Crippen molar-refractivity contribution >= 4 is 54.5 Å². The molecule has 0 atom stereocenters. The number of pyridine rings is 2. The Balaban J connectivity index is 1.44. The third kappa shape index (κ3) is 7.43. The Labute approximate surface area is 340 Å². The second kappa shape index (κ2) is 14.9. The second-order valence-corrected chi connectivity index (χ2v) is 27.6. The number of fused-ring (bicyclic) bond motifs is 1. The van der Waals surface area contributed by atoms with Gasteiger partial charge < -0.3 is 4.90 Å². The van der Waals surface area contributed by atoms with E-state index in [2.05, 4.69) is 209 Å². The van der Waals surface area contributed by atoms with Gasteiger partial charge in [0.25, 0.3) is 0 Å². The molecule has 0 aliphatic carbocycles. The normalized spacial score (nSPS) is 11.9. The van der Waals surface area contributed by atoms with E-state index in [-0.39, 0.29) is 0 Å². The highest BCUT2D eigenvalue weighted by Crippen LogP contribution is 2.46. The molecular weight excluding hydrogens is 725 g/mol. The van der Waals surface area contributed by atoms with Crippen molar-refractivity contribution in [2.75, 3.05) is 4.90 Å². The monoisotopic (exact) mass is 776 g/mol. The predicted molar refractivity (Wildman–Crippen MR) is 250 cm³/mol. The van der Waals surface area contributed by atoms with Crippen LogP contribution in [0.15, 0.2) is 152 Å². The first-order chi connectivity index (χ1) is 27.3. The summed E-state index contributed by atoms with van der Waals surface area (Å²) in [5, 5.41) is 3.96. The lowest BCUT2D eigenvalue weighted by molar-refractivity contribution is 1.05. The zero-order chi connectivity index (χ0) is 40.1. The van der Waals surface area contributed by atoms with Crippen LogP contribution in [0.2, 0.25) is 39.3 Å². The van der Waals surface area contributed by atoms with Crippen LogP contribution in [0.5, 0.6) is 0 Å². The summed E-state index contributed by atoms with van der Waals surface area (Å²) in [5.74, 6) is 0.933. The maximum atomic E-state index is 5.13. The molecule has 0 amide bonds. The highest BCUT2D eigenvalue weighted by molar-refractivity contribution is 6.89. The van der Waals surface area contributed by atoms with Crippen molar-refractivity contribution in [1.29, 1.82) is 0 Å². The van der Waals surface area contributed by atoms with Crippen molar-refractivity contribution < 1.29 is 0 Å². The zero-order valence-electron chi connectivity index (χ0n) is 34.7. The standard InChI is InChI=1S/C51H52N4Si2/c1-35-29-36(2)50(37(3)30-35)54(41-22-16-21-40(31-41)46-33-43(25-27-52-46)56(4,5)6)42-23-24-45-47(32-42)55(48-34-44(26-28-53-48)57(7,8)9)51(39-19-14-11-15-20-39)49(45)38-17-12-10-13-18-38/h10-34H,1-9H3. The second-order valence-electron chi connectivity index (χ2n) is 17.5. The lowest BCUT2D eigenvalue weighted by Crippen LogP contribution is -2.37. The Morgan fingerprint density at radius 3 is 1.74 bits per heavy atom. The van der Waals surface area contributed by atoms with Gasteiger partial charge in [-0.05, 0) is 91.6 Å². The van der Waals surface area contributed by atoms with Gasteiger partial charge >= 0.3 is 0 Å². The van der Waals surface area contributed by atoms with Gasteiger partial charge in [0.2, 0.25) is 0 Å². The molecule has 6 heteroatoms. The first-order valence-corrected chi connectivity index (χ1v) is 27.0. The molecule has 4 nitrogen and oxygen atoms in total. The van der Waals surface area contributed by atoms with Crippen LogP contribution in [0.1, 0.15) is 16.7 Å². The fourth-order valence-electron chi connectivity index (χ4n) is 8.22. The molecule has 0 saturated carbocycles. The van der Waals surface area contributed by atoms with Crippen molar-refractivity contribution in [3.05, 3.63) is 169 Å². The summed E-state index contributed by atoms with van der Waals surface area (Å²) in [6.07, 6.45) is 3.97. The molecule has 8 aromatic rings. The molecule has 0 saturated heterocycles. The zero-order valence-corrected chi connectivity index (χ0v) is 36.7. The highest BCUT2D eigenvalue weighted by atomic mass is 28.3. The van der Waals surface area contributed by atoms with Crippen molar-refractivity contribution in [1.82, 2.24) is 14.5 Å². The maximum absolute atomic E-state index is 5.13. The third-order valence-corrected chi connectivity index (χ3v) is 15.1. The van der Waals surface area contributed by atoms with Crippen LogP contribution in [-0.2, 0) is 0 Å². The van der Waals surface area contributed by atoms with Crippen molar-refractivity contribution in [3.63, 3.8) is 0 Å². The van der Waals surface area contributed by atoms with E-state index < -0.39 is 16.1 Å². The largest absolute Gasteiger partial charge is 0.310 e. The quantitative estimate of drug-likeness (QED) is 0.137. The third-order valence-electron chi connectivity index (χ3n) is 11.0. The number of hydrogen-bond acceptors (Lipinski definition) is 3. The van der Waals surface area contributed by atoms with E-state index in [1.165, 1.54) is 49.3 Å². The van der Waals surface area contributed by atoms with Gasteiger partial charge in [-0.15, -0.1) is 0 Å². The maximum Gasteiger partial charge on any atom is 0.137 e. The lowest BCUT2D eigenvalue weighted by Gasteiger charge is -2.29. The van der Waals surface area contributed by atoms with E-state index in [0.717, 1.165) is 45.2 Å². The van der Waals surface area contributed by atoms with Crippen LogP contribution in [0, 0.1) is 20.8 Å². The molecule has 0 spiro atoms. The van der Waals surface area contributed by atoms with Gasteiger partial charge in [-0.25, -0.2) is 4.98 Å². The fraction of sp³-hybridized carbons (Fsp3) is 0.176. The van der Waals surface area contributed by atoms with E-state index in [4.69, 9.17) is 9.97 Å². The van der Waals surface area contributed by atoms with Crippen LogP contribution in [-0.4, -0.2) is 30.7 Å². The first kappa shape index (κ1) is 38.1. The van der Waals surface area contributed by atoms with Crippen molar-refractivity contribution in [3.8, 4) is 39.5 Å². The number of nitrogens with zero attached hydrogens (tertiary/aromatic N) is 4. The minimum absolute atomic E-state index is 0.933. The summed E-state index contributed by atoms with van der Waals surface area (Å²) < 4.78 is 2.41. The highest BCUT2D eigenvalue weighted by Gasteiger charge is 2.26. The Kier molecular flexibility index (Phi) is 9.96. The van der Waals surface area contributed by atoms with Crippen molar-refractivity contribution in [2.45, 2.75) is 60.1 Å². The molecule has 284 valence electrons. The van der Waals surface area contributed by atoms with Gasteiger partial charge in [0.1, 0.15) is 5.82 Å². The molecular formula is C51H52N4Si2. The van der Waals surface area contributed by atoms with E-state index >= 15 is 0 Å². The van der Waals surface area contributed by atoms with Crippen LogP contribution < -0.4 is 15.3 Å². The molecule has 3 aromatic heterocycles. The number of hydrogen-bond donors (Lipinski definition) is 0. The molecule has 8 rings (SSSR count). The van der Waals surface area contributed by atoms with E-state index in [1.807, 2.05) is 12.4 Å². The summed E-state index contributed by atoms with van der Waals surface area (Å²) in [6.45, 7) is 21.0. The summed E-state index contributed by atoms with van der Waals surface area (Å²) >= 11 is 0. The molecule has 0 bridgehead atoms. The van der Waals surface area contributed by atoms with Gasteiger partial charge in [0.15, 0.2) is 0 Å². The summed E-state index contributed by atoms with van der Waals surface area (Å²) in [6, 6.07) is 51.2. The molecule has 57 heavy (non-hydrogen) atoms. The molecule has 0 aliphatic rings. The molecule has 0 fully saturated rings. The lowest BCUT2D eigenvalue weighted by atomic mass is 9.98.